The first-order valence-corrected chi connectivity index (χ1v) is 6.85. The number of hydrogen-bond donors (Lipinski definition) is 0. The second-order valence-corrected chi connectivity index (χ2v) is 4.56. The molecule has 0 fully saturated rings. The molecule has 0 aliphatic carbocycles. The van der Waals surface area contributed by atoms with Crippen molar-refractivity contribution >= 4 is 11.9 Å². The van der Waals surface area contributed by atoms with Crippen molar-refractivity contribution in [3.63, 3.8) is 0 Å². The number of ether oxygens (including phenoxy) is 4. The van der Waals surface area contributed by atoms with Crippen LogP contribution < -0.4 is 14.9 Å². The average molecular weight is 349 g/mol. The van der Waals surface area contributed by atoms with Gasteiger partial charge in [-0.15, -0.1) is 0 Å². The largest absolute Gasteiger partial charge is 0.481 e. The Kier molecular flexibility index (Phi) is 5.32. The summed E-state index contributed by atoms with van der Waals surface area (Å²) in [6.07, 6.45) is 2.30. The Bertz CT molecular complexity index is 813. The molecule has 2 rings (SSSR count). The van der Waals surface area contributed by atoms with Crippen LogP contribution >= 0.6 is 0 Å². The Morgan fingerprint density at radius 2 is 1.32 bits per heavy atom. The second kappa shape index (κ2) is 7.43. The summed E-state index contributed by atoms with van der Waals surface area (Å²) >= 11 is 0. The maximum atomic E-state index is 12.3. The fourth-order valence-corrected chi connectivity index (χ4v) is 1.92. The Morgan fingerprint density at radius 1 is 0.880 bits per heavy atom. The topological polar surface area (TPSA) is 119 Å². The lowest BCUT2D eigenvalue weighted by Crippen LogP contribution is -2.26. The molecule has 0 amide bonds. The van der Waals surface area contributed by atoms with Gasteiger partial charge in [-0.3, -0.25) is 9.36 Å². The molecule has 2 aromatic rings. The van der Waals surface area contributed by atoms with E-state index in [0.717, 1.165) is 26.6 Å². The highest BCUT2D eigenvalue weighted by Crippen LogP contribution is 2.17. The standard InChI is InChI=1S/C15H15N3O7/c1-22-10-5-11(23-2)17-15(16-10)18-6-8(13(20)24-3)12(19)9(7-18)14(21)25-4/h5-7H,1-4H3. The number of methoxy groups -OCH3 is 4. The van der Waals surface area contributed by atoms with Gasteiger partial charge in [0.25, 0.3) is 0 Å². The Hall–Kier alpha value is -3.43. The molecular weight excluding hydrogens is 334 g/mol. The van der Waals surface area contributed by atoms with Crippen LogP contribution in [-0.4, -0.2) is 54.9 Å². The number of esters is 2. The highest BCUT2D eigenvalue weighted by atomic mass is 16.5. The fraction of sp³-hybridized carbons (Fsp3) is 0.267. The lowest BCUT2D eigenvalue weighted by Gasteiger charge is -2.11. The monoisotopic (exact) mass is 349 g/mol. The van der Waals surface area contributed by atoms with Gasteiger partial charge in [0.1, 0.15) is 11.1 Å². The van der Waals surface area contributed by atoms with Gasteiger partial charge in [0.15, 0.2) is 0 Å². The Balaban J connectivity index is 2.75. The normalized spacial score (nSPS) is 10.1. The SMILES string of the molecule is COC(=O)c1cn(-c2nc(OC)cc(OC)n2)cc(C(=O)OC)c1=O. The Morgan fingerprint density at radius 3 is 1.68 bits per heavy atom. The van der Waals surface area contributed by atoms with Gasteiger partial charge in [0.2, 0.25) is 23.1 Å². The molecule has 0 saturated carbocycles. The molecular formula is C15H15N3O7. The molecule has 2 aromatic heterocycles. The third-order valence-corrected chi connectivity index (χ3v) is 3.15. The van der Waals surface area contributed by atoms with Crippen molar-refractivity contribution in [2.45, 2.75) is 0 Å². The zero-order valence-corrected chi connectivity index (χ0v) is 13.9. The van der Waals surface area contributed by atoms with Gasteiger partial charge in [-0.2, -0.15) is 9.97 Å². The van der Waals surface area contributed by atoms with Crippen LogP contribution in [0.1, 0.15) is 20.7 Å². The molecule has 10 nitrogen and oxygen atoms in total. The van der Waals surface area contributed by atoms with E-state index < -0.39 is 17.4 Å². The number of aromatic nitrogens is 3. The molecule has 25 heavy (non-hydrogen) atoms. The maximum absolute atomic E-state index is 12.3. The average Bonchev–Trinajstić information content (AvgIpc) is 2.66. The van der Waals surface area contributed by atoms with Crippen molar-refractivity contribution in [3.05, 3.63) is 39.8 Å². The van der Waals surface area contributed by atoms with Gasteiger partial charge < -0.3 is 18.9 Å². The van der Waals surface area contributed by atoms with Crippen LogP contribution in [0, 0.1) is 0 Å². The summed E-state index contributed by atoms with van der Waals surface area (Å²) in [5.41, 5.74) is -1.59. The summed E-state index contributed by atoms with van der Waals surface area (Å²) in [5, 5.41) is 0. The van der Waals surface area contributed by atoms with Crippen LogP contribution in [0.3, 0.4) is 0 Å². The van der Waals surface area contributed by atoms with E-state index in [1.807, 2.05) is 0 Å². The predicted molar refractivity (Wildman–Crippen MR) is 83.4 cm³/mol. The minimum Gasteiger partial charge on any atom is -0.481 e. The van der Waals surface area contributed by atoms with E-state index >= 15 is 0 Å². The quantitative estimate of drug-likeness (QED) is 0.698. The highest BCUT2D eigenvalue weighted by molar-refractivity contribution is 5.94. The molecule has 0 bridgehead atoms. The van der Waals surface area contributed by atoms with Gasteiger partial charge in [-0.25, -0.2) is 9.59 Å². The summed E-state index contributed by atoms with van der Waals surface area (Å²) < 4.78 is 20.4. The summed E-state index contributed by atoms with van der Waals surface area (Å²) in [6, 6.07) is 1.44. The minimum absolute atomic E-state index is 0.00602. The summed E-state index contributed by atoms with van der Waals surface area (Å²) in [5.74, 6) is -1.47. The van der Waals surface area contributed by atoms with Crippen LogP contribution in [0.5, 0.6) is 11.8 Å². The van der Waals surface area contributed by atoms with Gasteiger partial charge in [-0.05, 0) is 0 Å². The van der Waals surface area contributed by atoms with Crippen molar-refractivity contribution in [1.29, 1.82) is 0 Å². The van der Waals surface area contributed by atoms with Gasteiger partial charge in [0, 0.05) is 12.4 Å². The maximum Gasteiger partial charge on any atom is 0.343 e. The number of nitrogens with zero attached hydrogens (tertiary/aromatic N) is 3. The zero-order valence-electron chi connectivity index (χ0n) is 13.9. The number of carbonyl (C=O) groups excluding carboxylic acids is 2. The van der Waals surface area contributed by atoms with E-state index in [1.54, 1.807) is 0 Å². The van der Waals surface area contributed by atoms with Crippen molar-refractivity contribution in [2.75, 3.05) is 28.4 Å². The van der Waals surface area contributed by atoms with Crippen LogP contribution in [0.15, 0.2) is 23.3 Å². The molecule has 0 unspecified atom stereocenters. The number of carbonyl (C=O) groups is 2. The third-order valence-electron chi connectivity index (χ3n) is 3.15. The van der Waals surface area contributed by atoms with E-state index in [2.05, 4.69) is 19.4 Å². The minimum atomic E-state index is -0.917. The molecule has 0 saturated heterocycles. The first-order chi connectivity index (χ1) is 11.9. The summed E-state index contributed by atoms with van der Waals surface area (Å²) in [7, 11) is 5.03. The van der Waals surface area contributed by atoms with E-state index in [9.17, 15) is 14.4 Å². The molecule has 10 heteroatoms. The lowest BCUT2D eigenvalue weighted by atomic mass is 10.2. The number of pyridine rings is 1. The number of hydrogen-bond acceptors (Lipinski definition) is 9. The van der Waals surface area contributed by atoms with Gasteiger partial charge in [0.05, 0.1) is 34.5 Å². The molecule has 0 aliphatic rings. The molecule has 0 atom stereocenters. The molecule has 0 spiro atoms. The van der Waals surface area contributed by atoms with Crippen LogP contribution in [0.2, 0.25) is 0 Å². The molecule has 0 aliphatic heterocycles. The van der Waals surface area contributed by atoms with Crippen molar-refractivity contribution < 1.29 is 28.5 Å². The van der Waals surface area contributed by atoms with Crippen molar-refractivity contribution in [2.24, 2.45) is 0 Å². The summed E-state index contributed by atoms with van der Waals surface area (Å²) in [6.45, 7) is 0. The lowest BCUT2D eigenvalue weighted by molar-refractivity contribution is 0.0595. The van der Waals surface area contributed by atoms with Crippen LogP contribution in [0.4, 0.5) is 0 Å². The molecule has 132 valence electrons. The van der Waals surface area contributed by atoms with E-state index in [0.29, 0.717) is 0 Å². The smallest absolute Gasteiger partial charge is 0.343 e. The summed E-state index contributed by atoms with van der Waals surface area (Å²) in [4.78, 5) is 44.2. The van der Waals surface area contributed by atoms with E-state index in [4.69, 9.17) is 9.47 Å². The zero-order chi connectivity index (χ0) is 18.6. The van der Waals surface area contributed by atoms with Crippen molar-refractivity contribution in [3.8, 4) is 17.7 Å². The van der Waals surface area contributed by atoms with Gasteiger partial charge in [-0.1, -0.05) is 0 Å². The molecule has 2 heterocycles. The van der Waals surface area contributed by atoms with Gasteiger partial charge >= 0.3 is 11.9 Å². The fourth-order valence-electron chi connectivity index (χ4n) is 1.92. The highest BCUT2D eigenvalue weighted by Gasteiger charge is 2.21. The first-order valence-electron chi connectivity index (χ1n) is 6.85. The predicted octanol–water partition coefficient (Wildman–Crippen LogP) is 0.218. The molecule has 0 radical (unpaired) electrons. The van der Waals surface area contributed by atoms with Crippen LogP contribution in [0.25, 0.3) is 5.95 Å². The van der Waals surface area contributed by atoms with E-state index in [-0.39, 0.29) is 28.8 Å². The second-order valence-electron chi connectivity index (χ2n) is 4.56. The Labute approximate surface area is 141 Å². The molecule has 0 N–H and O–H groups in total. The number of rotatable bonds is 5. The first kappa shape index (κ1) is 17.9. The molecule has 0 aromatic carbocycles. The third kappa shape index (κ3) is 3.57. The van der Waals surface area contributed by atoms with Crippen molar-refractivity contribution in [1.82, 2.24) is 14.5 Å². The van der Waals surface area contributed by atoms with E-state index in [1.165, 1.54) is 24.9 Å². The van der Waals surface area contributed by atoms with Crippen LogP contribution in [-0.2, 0) is 9.47 Å².